The summed E-state index contributed by atoms with van der Waals surface area (Å²) in [5, 5.41) is 4.47. The molecule has 0 aliphatic rings. The molecule has 0 saturated heterocycles. The van der Waals surface area contributed by atoms with E-state index in [-0.39, 0.29) is 5.91 Å². The fraction of sp³-hybridized carbons (Fsp3) is 0.111. The lowest BCUT2D eigenvalue weighted by molar-refractivity contribution is 0.0955. The van der Waals surface area contributed by atoms with Gasteiger partial charge < -0.3 is 0 Å². The predicted molar refractivity (Wildman–Crippen MR) is 92.2 cm³/mol. The van der Waals surface area contributed by atoms with Gasteiger partial charge in [0.05, 0.1) is 16.3 Å². The number of benzene rings is 2. The van der Waals surface area contributed by atoms with Crippen molar-refractivity contribution in [3.8, 4) is 0 Å². The largest absolute Gasteiger partial charge is 0.272 e. The lowest BCUT2D eigenvalue weighted by Gasteiger charge is -2.04. The lowest BCUT2D eigenvalue weighted by atomic mass is 10.1. The first-order chi connectivity index (χ1) is 10.6. The molecular formula is C18H17ClN2O. The maximum absolute atomic E-state index is 12.0. The van der Waals surface area contributed by atoms with Crippen molar-refractivity contribution >= 4 is 29.3 Å². The third kappa shape index (κ3) is 4.57. The Morgan fingerprint density at radius 2 is 1.91 bits per heavy atom. The smallest absolute Gasteiger partial charge is 0.267 e. The molecular weight excluding hydrogens is 296 g/mol. The molecule has 1 N–H and O–H groups in total. The summed E-state index contributed by atoms with van der Waals surface area (Å²) >= 11 is 6.06. The Labute approximate surface area is 135 Å². The maximum Gasteiger partial charge on any atom is 0.272 e. The third-order valence-electron chi connectivity index (χ3n) is 3.02. The molecule has 0 atom stereocenters. The first-order valence-electron chi connectivity index (χ1n) is 6.90. The summed E-state index contributed by atoms with van der Waals surface area (Å²) in [7, 11) is 0. The number of aryl methyl sites for hydroxylation is 1. The number of hydrogen-bond acceptors (Lipinski definition) is 2. The van der Waals surface area contributed by atoms with Crippen LogP contribution in [0, 0.1) is 6.92 Å². The van der Waals surface area contributed by atoms with Crippen LogP contribution in [0.25, 0.3) is 6.08 Å². The molecule has 0 aromatic heterocycles. The Balaban J connectivity index is 2.01. The van der Waals surface area contributed by atoms with Crippen LogP contribution in [-0.2, 0) is 0 Å². The first-order valence-corrected chi connectivity index (χ1v) is 7.28. The molecule has 22 heavy (non-hydrogen) atoms. The van der Waals surface area contributed by atoms with Crippen molar-refractivity contribution < 1.29 is 4.79 Å². The number of amides is 1. The first kappa shape index (κ1) is 16.0. The third-order valence-corrected chi connectivity index (χ3v) is 3.33. The van der Waals surface area contributed by atoms with Crippen molar-refractivity contribution in [1.29, 1.82) is 0 Å². The second kappa shape index (κ2) is 7.57. The van der Waals surface area contributed by atoms with E-state index in [0.717, 1.165) is 11.1 Å². The molecule has 0 fully saturated rings. The van der Waals surface area contributed by atoms with E-state index >= 15 is 0 Å². The van der Waals surface area contributed by atoms with Crippen LogP contribution in [0.3, 0.4) is 0 Å². The molecule has 0 bridgehead atoms. The van der Waals surface area contributed by atoms with Crippen LogP contribution >= 0.6 is 11.6 Å². The lowest BCUT2D eigenvalue weighted by Crippen LogP contribution is -2.19. The molecule has 0 saturated carbocycles. The van der Waals surface area contributed by atoms with Gasteiger partial charge in [0, 0.05) is 0 Å². The van der Waals surface area contributed by atoms with E-state index in [9.17, 15) is 4.79 Å². The van der Waals surface area contributed by atoms with Crippen molar-refractivity contribution in [1.82, 2.24) is 5.43 Å². The highest BCUT2D eigenvalue weighted by Crippen LogP contribution is 2.17. The second-order valence-electron chi connectivity index (χ2n) is 4.92. The van der Waals surface area contributed by atoms with E-state index < -0.39 is 0 Å². The molecule has 0 spiro atoms. The van der Waals surface area contributed by atoms with E-state index in [1.165, 1.54) is 0 Å². The van der Waals surface area contributed by atoms with Gasteiger partial charge in [0.15, 0.2) is 0 Å². The summed E-state index contributed by atoms with van der Waals surface area (Å²) in [6, 6.07) is 15.2. The summed E-state index contributed by atoms with van der Waals surface area (Å²) in [6.45, 7) is 3.74. The van der Waals surface area contributed by atoms with Crippen molar-refractivity contribution in [2.45, 2.75) is 13.8 Å². The zero-order valence-electron chi connectivity index (χ0n) is 12.5. The summed E-state index contributed by atoms with van der Waals surface area (Å²) in [5.74, 6) is -0.322. The Hall–Kier alpha value is -2.39. The highest BCUT2D eigenvalue weighted by Gasteiger charge is 2.09. The van der Waals surface area contributed by atoms with Gasteiger partial charge in [-0.2, -0.15) is 5.10 Å². The number of hydrazone groups is 1. The zero-order chi connectivity index (χ0) is 15.9. The fourth-order valence-electron chi connectivity index (χ4n) is 1.82. The van der Waals surface area contributed by atoms with E-state index in [1.807, 2.05) is 62.4 Å². The van der Waals surface area contributed by atoms with Crippen LogP contribution < -0.4 is 5.43 Å². The molecule has 1 amide bonds. The van der Waals surface area contributed by atoms with E-state index in [4.69, 9.17) is 11.6 Å². The van der Waals surface area contributed by atoms with Gasteiger partial charge in [-0.15, -0.1) is 0 Å². The number of rotatable bonds is 4. The van der Waals surface area contributed by atoms with Gasteiger partial charge in [0.2, 0.25) is 0 Å². The van der Waals surface area contributed by atoms with Gasteiger partial charge >= 0.3 is 0 Å². The number of hydrogen-bond donors (Lipinski definition) is 1. The number of nitrogens with zero attached hydrogens (tertiary/aromatic N) is 1. The van der Waals surface area contributed by atoms with Crippen LogP contribution in [-0.4, -0.2) is 11.6 Å². The quantitative estimate of drug-likeness (QED) is 0.657. The van der Waals surface area contributed by atoms with Crippen LogP contribution in [0.15, 0.2) is 59.7 Å². The molecule has 3 nitrogen and oxygen atoms in total. The van der Waals surface area contributed by atoms with Gasteiger partial charge in [-0.25, -0.2) is 5.43 Å². The van der Waals surface area contributed by atoms with Crippen LogP contribution in [0.5, 0.6) is 0 Å². The van der Waals surface area contributed by atoms with Crippen LogP contribution in [0.1, 0.15) is 28.4 Å². The van der Waals surface area contributed by atoms with E-state index in [0.29, 0.717) is 16.3 Å². The van der Waals surface area contributed by atoms with Crippen molar-refractivity contribution in [3.05, 3.63) is 76.3 Å². The normalized spacial score (nSPS) is 11.7. The predicted octanol–water partition coefficient (Wildman–Crippen LogP) is 4.47. The Kier molecular flexibility index (Phi) is 5.50. The van der Waals surface area contributed by atoms with Crippen molar-refractivity contribution in [3.63, 3.8) is 0 Å². The summed E-state index contributed by atoms with van der Waals surface area (Å²) in [4.78, 5) is 12.0. The summed E-state index contributed by atoms with van der Waals surface area (Å²) in [5.41, 5.74) is 5.70. The SMILES string of the molecule is CC(/C=C/c1ccccc1)=N\NC(=O)c1ccc(C)cc1Cl. The van der Waals surface area contributed by atoms with Crippen molar-refractivity contribution in [2.75, 3.05) is 0 Å². The molecule has 4 heteroatoms. The molecule has 2 aromatic rings. The van der Waals surface area contributed by atoms with Crippen LogP contribution in [0.2, 0.25) is 5.02 Å². The average molecular weight is 313 g/mol. The van der Waals surface area contributed by atoms with Crippen molar-refractivity contribution in [2.24, 2.45) is 5.10 Å². The van der Waals surface area contributed by atoms with E-state index in [1.54, 1.807) is 12.1 Å². The number of nitrogens with one attached hydrogen (secondary N) is 1. The summed E-state index contributed by atoms with van der Waals surface area (Å²) in [6.07, 6.45) is 3.77. The van der Waals surface area contributed by atoms with Crippen LogP contribution in [0.4, 0.5) is 0 Å². The Morgan fingerprint density at radius 3 is 2.59 bits per heavy atom. The van der Waals surface area contributed by atoms with Gasteiger partial charge in [-0.3, -0.25) is 4.79 Å². The molecule has 0 unspecified atom stereocenters. The van der Waals surface area contributed by atoms with Gasteiger partial charge in [0.1, 0.15) is 0 Å². The highest BCUT2D eigenvalue weighted by molar-refractivity contribution is 6.33. The molecule has 112 valence electrons. The standard InChI is InChI=1S/C18H17ClN2O/c1-13-8-11-16(17(19)12-13)18(22)21-20-14(2)9-10-15-6-4-3-5-7-15/h3-12H,1-2H3,(H,21,22)/b10-9+,20-14+. The molecule has 0 radical (unpaired) electrons. The highest BCUT2D eigenvalue weighted by atomic mass is 35.5. The number of halogens is 1. The Morgan fingerprint density at radius 1 is 1.18 bits per heavy atom. The molecule has 0 heterocycles. The topological polar surface area (TPSA) is 41.5 Å². The minimum atomic E-state index is -0.322. The Bertz CT molecular complexity index is 721. The number of allylic oxidation sites excluding steroid dienone is 1. The minimum Gasteiger partial charge on any atom is -0.267 e. The monoisotopic (exact) mass is 312 g/mol. The van der Waals surface area contributed by atoms with Gasteiger partial charge in [-0.05, 0) is 43.2 Å². The molecule has 2 rings (SSSR count). The van der Waals surface area contributed by atoms with Gasteiger partial charge in [-0.1, -0.05) is 54.1 Å². The maximum atomic E-state index is 12.0. The average Bonchev–Trinajstić information content (AvgIpc) is 2.51. The summed E-state index contributed by atoms with van der Waals surface area (Å²) < 4.78 is 0. The van der Waals surface area contributed by atoms with Gasteiger partial charge in [0.25, 0.3) is 5.91 Å². The van der Waals surface area contributed by atoms with E-state index in [2.05, 4.69) is 10.5 Å². The second-order valence-corrected chi connectivity index (χ2v) is 5.33. The molecule has 0 aliphatic heterocycles. The fourth-order valence-corrected chi connectivity index (χ4v) is 2.14. The molecule has 0 aliphatic carbocycles. The number of carbonyl (C=O) groups excluding carboxylic acids is 1. The number of carbonyl (C=O) groups is 1. The molecule has 2 aromatic carbocycles. The zero-order valence-corrected chi connectivity index (χ0v) is 13.3. The minimum absolute atomic E-state index is 0.322.